The number of benzene rings is 1. The van der Waals surface area contributed by atoms with Crippen LogP contribution in [0.25, 0.3) is 10.9 Å². The van der Waals surface area contributed by atoms with Crippen LogP contribution >= 0.6 is 0 Å². The fourth-order valence-electron chi connectivity index (χ4n) is 4.43. The second-order valence-electron chi connectivity index (χ2n) is 7.51. The van der Waals surface area contributed by atoms with E-state index in [1.165, 1.54) is 24.8 Å². The Morgan fingerprint density at radius 3 is 2.92 bits per heavy atom. The minimum absolute atomic E-state index is 0.257. The molecule has 1 saturated heterocycles. The third-order valence-corrected chi connectivity index (χ3v) is 5.73. The Morgan fingerprint density at radius 2 is 1.96 bits per heavy atom. The number of hydrogen-bond acceptors (Lipinski definition) is 5. The van der Waals surface area contributed by atoms with Gasteiger partial charge in [-0.15, -0.1) is 10.2 Å². The van der Waals surface area contributed by atoms with Crippen LogP contribution in [0.5, 0.6) is 0 Å². The first-order chi connectivity index (χ1) is 12.8. The molecule has 1 atom stereocenters. The van der Waals surface area contributed by atoms with E-state index in [0.29, 0.717) is 0 Å². The maximum Gasteiger partial charge on any atom is 0.155 e. The first-order valence-corrected chi connectivity index (χ1v) is 9.71. The highest BCUT2D eigenvalue weighted by Crippen LogP contribution is 2.38. The summed E-state index contributed by atoms with van der Waals surface area (Å²) in [5.74, 6) is 3.32. The lowest BCUT2D eigenvalue weighted by atomic mass is 10.1. The summed E-state index contributed by atoms with van der Waals surface area (Å²) in [7, 11) is 0. The molecule has 6 heteroatoms. The Hall–Kier alpha value is -2.50. The van der Waals surface area contributed by atoms with Crippen molar-refractivity contribution >= 4 is 16.7 Å². The summed E-state index contributed by atoms with van der Waals surface area (Å²) in [5, 5.41) is 10.3. The lowest BCUT2D eigenvalue weighted by Crippen LogP contribution is -2.26. The lowest BCUT2D eigenvalue weighted by molar-refractivity contribution is 0.558. The van der Waals surface area contributed by atoms with Gasteiger partial charge in [0.25, 0.3) is 0 Å². The van der Waals surface area contributed by atoms with Crippen molar-refractivity contribution in [3.63, 3.8) is 0 Å². The molecule has 0 saturated carbocycles. The van der Waals surface area contributed by atoms with E-state index in [1.54, 1.807) is 6.33 Å². The minimum atomic E-state index is 0.257. The minimum Gasteiger partial charge on any atom is -0.346 e. The molecule has 0 spiro atoms. The van der Waals surface area contributed by atoms with Gasteiger partial charge in [-0.1, -0.05) is 18.1 Å². The zero-order valence-corrected chi connectivity index (χ0v) is 15.2. The van der Waals surface area contributed by atoms with Crippen LogP contribution in [0.3, 0.4) is 0 Å². The molecule has 3 aromatic rings. The van der Waals surface area contributed by atoms with Gasteiger partial charge < -0.3 is 9.47 Å². The Kier molecular flexibility index (Phi) is 3.84. The Morgan fingerprint density at radius 1 is 1.00 bits per heavy atom. The zero-order chi connectivity index (χ0) is 17.5. The van der Waals surface area contributed by atoms with E-state index in [-0.39, 0.29) is 6.04 Å². The summed E-state index contributed by atoms with van der Waals surface area (Å²) in [5.41, 5.74) is 2.24. The van der Waals surface area contributed by atoms with Gasteiger partial charge >= 0.3 is 0 Å². The Labute approximate surface area is 153 Å². The Bertz CT molecular complexity index is 947. The van der Waals surface area contributed by atoms with Gasteiger partial charge in [0.1, 0.15) is 18.0 Å². The van der Waals surface area contributed by atoms with E-state index in [0.717, 1.165) is 60.7 Å². The van der Waals surface area contributed by atoms with E-state index in [9.17, 15) is 0 Å². The second-order valence-corrected chi connectivity index (χ2v) is 7.51. The van der Waals surface area contributed by atoms with Crippen molar-refractivity contribution < 1.29 is 0 Å². The third kappa shape index (κ3) is 2.55. The van der Waals surface area contributed by atoms with Crippen LogP contribution in [0.1, 0.15) is 55.4 Å². The van der Waals surface area contributed by atoms with Crippen molar-refractivity contribution in [2.75, 3.05) is 11.4 Å². The predicted octanol–water partition coefficient (Wildman–Crippen LogP) is 3.60. The predicted molar refractivity (Wildman–Crippen MR) is 101 cm³/mol. The van der Waals surface area contributed by atoms with Crippen molar-refractivity contribution in [3.05, 3.63) is 41.7 Å². The van der Waals surface area contributed by atoms with Gasteiger partial charge in [0.15, 0.2) is 5.82 Å². The number of anilines is 1. The molecule has 4 heterocycles. The second kappa shape index (κ2) is 6.34. The summed E-state index contributed by atoms with van der Waals surface area (Å²) >= 11 is 0. The topological polar surface area (TPSA) is 59.7 Å². The van der Waals surface area contributed by atoms with Gasteiger partial charge in [-0.3, -0.25) is 0 Å². The number of aryl methyl sites for hydroxylation is 2. The number of hydrogen-bond donors (Lipinski definition) is 0. The van der Waals surface area contributed by atoms with Gasteiger partial charge in [0.2, 0.25) is 0 Å². The maximum atomic E-state index is 4.68. The zero-order valence-electron chi connectivity index (χ0n) is 15.2. The molecule has 0 bridgehead atoms. The highest BCUT2D eigenvalue weighted by Gasteiger charge is 2.33. The van der Waals surface area contributed by atoms with Gasteiger partial charge in [0, 0.05) is 24.9 Å². The molecule has 6 nitrogen and oxygen atoms in total. The van der Waals surface area contributed by atoms with Crippen molar-refractivity contribution in [2.24, 2.45) is 0 Å². The number of aromatic nitrogens is 5. The van der Waals surface area contributed by atoms with E-state index in [4.69, 9.17) is 0 Å². The van der Waals surface area contributed by atoms with Crippen molar-refractivity contribution in [1.82, 2.24) is 24.7 Å². The van der Waals surface area contributed by atoms with Gasteiger partial charge in [0.05, 0.1) is 11.6 Å². The number of fused-ring (bicyclic) bond motifs is 2. The van der Waals surface area contributed by atoms with Crippen LogP contribution in [-0.2, 0) is 13.0 Å². The molecule has 1 aromatic carbocycles. The molecule has 2 aliphatic rings. The van der Waals surface area contributed by atoms with Crippen LogP contribution < -0.4 is 4.90 Å². The van der Waals surface area contributed by atoms with E-state index in [2.05, 4.69) is 54.8 Å². The van der Waals surface area contributed by atoms with Gasteiger partial charge in [-0.05, 0) is 44.7 Å². The standard InChI is InChI=1S/C20H24N6/c1-14-8-9-16-15(12-14)19(22-13-21-16)25-11-5-6-17(25)20-24-23-18-7-3-2-4-10-26(18)20/h8-9,12-13,17H,2-7,10-11H2,1H3/t17-/m1/s1. The highest BCUT2D eigenvalue weighted by atomic mass is 15.3. The molecule has 5 rings (SSSR count). The lowest BCUT2D eigenvalue weighted by Gasteiger charge is -2.26. The molecule has 2 aromatic heterocycles. The molecular weight excluding hydrogens is 324 g/mol. The molecule has 134 valence electrons. The summed E-state index contributed by atoms with van der Waals surface area (Å²) in [6.45, 7) is 4.18. The quantitative estimate of drug-likeness (QED) is 0.708. The Balaban J connectivity index is 1.58. The van der Waals surface area contributed by atoms with Crippen LogP contribution in [0, 0.1) is 6.92 Å². The molecule has 0 aliphatic carbocycles. The highest BCUT2D eigenvalue weighted by molar-refractivity contribution is 5.90. The molecule has 0 amide bonds. The fraction of sp³-hybridized carbons (Fsp3) is 0.500. The molecule has 0 radical (unpaired) electrons. The first-order valence-electron chi connectivity index (χ1n) is 9.71. The maximum absolute atomic E-state index is 4.68. The fourth-order valence-corrected chi connectivity index (χ4v) is 4.43. The van der Waals surface area contributed by atoms with Crippen LogP contribution in [-0.4, -0.2) is 31.3 Å². The van der Waals surface area contributed by atoms with E-state index in [1.807, 2.05) is 0 Å². The molecule has 0 N–H and O–H groups in total. The average molecular weight is 348 g/mol. The molecule has 1 fully saturated rings. The van der Waals surface area contributed by atoms with Crippen molar-refractivity contribution in [2.45, 2.75) is 58.0 Å². The van der Waals surface area contributed by atoms with Crippen LogP contribution in [0.15, 0.2) is 24.5 Å². The smallest absolute Gasteiger partial charge is 0.155 e. The number of rotatable bonds is 2. The monoisotopic (exact) mass is 348 g/mol. The normalized spacial score (nSPS) is 20.3. The van der Waals surface area contributed by atoms with E-state index >= 15 is 0 Å². The molecule has 2 aliphatic heterocycles. The van der Waals surface area contributed by atoms with Crippen molar-refractivity contribution in [1.29, 1.82) is 0 Å². The van der Waals surface area contributed by atoms with Gasteiger partial charge in [-0.2, -0.15) is 0 Å². The van der Waals surface area contributed by atoms with Crippen LogP contribution in [0.4, 0.5) is 5.82 Å². The molecule has 0 unspecified atom stereocenters. The molecular formula is C20H24N6. The first kappa shape index (κ1) is 15.7. The third-order valence-electron chi connectivity index (χ3n) is 5.73. The van der Waals surface area contributed by atoms with Gasteiger partial charge in [-0.25, -0.2) is 9.97 Å². The summed E-state index contributed by atoms with van der Waals surface area (Å²) in [6.07, 6.45) is 8.73. The van der Waals surface area contributed by atoms with Crippen molar-refractivity contribution in [3.8, 4) is 0 Å². The summed E-state index contributed by atoms with van der Waals surface area (Å²) in [4.78, 5) is 11.6. The average Bonchev–Trinajstić information content (AvgIpc) is 3.22. The summed E-state index contributed by atoms with van der Waals surface area (Å²) in [6, 6.07) is 6.65. The van der Waals surface area contributed by atoms with Crippen LogP contribution in [0.2, 0.25) is 0 Å². The molecule has 26 heavy (non-hydrogen) atoms. The SMILES string of the molecule is Cc1ccc2ncnc(N3CCC[C@@H]3c3nnc4n3CCCCC4)c2c1. The largest absolute Gasteiger partial charge is 0.346 e. The summed E-state index contributed by atoms with van der Waals surface area (Å²) < 4.78 is 2.38. The van der Waals surface area contributed by atoms with E-state index < -0.39 is 0 Å². The number of nitrogens with zero attached hydrogens (tertiary/aromatic N) is 6.